The molecule has 0 saturated carbocycles. The van der Waals surface area contributed by atoms with Crippen molar-refractivity contribution >= 4 is 29.3 Å². The number of hydrogen-bond donors (Lipinski definition) is 1. The van der Waals surface area contributed by atoms with Crippen LogP contribution in [0.25, 0.3) is 6.08 Å². The van der Waals surface area contributed by atoms with Gasteiger partial charge in [0.05, 0.1) is 19.1 Å². The molecule has 21 heavy (non-hydrogen) atoms. The Morgan fingerprint density at radius 3 is 2.90 bits per heavy atom. The van der Waals surface area contributed by atoms with Gasteiger partial charge in [0, 0.05) is 11.1 Å². The molecule has 0 radical (unpaired) electrons. The van der Waals surface area contributed by atoms with Gasteiger partial charge in [0.2, 0.25) is 0 Å². The molecule has 1 N–H and O–H groups in total. The van der Waals surface area contributed by atoms with Gasteiger partial charge in [-0.05, 0) is 30.3 Å². The van der Waals surface area contributed by atoms with E-state index in [-0.39, 0.29) is 5.57 Å². The van der Waals surface area contributed by atoms with E-state index in [0.717, 1.165) is 0 Å². The molecule has 6 heteroatoms. The van der Waals surface area contributed by atoms with Crippen molar-refractivity contribution in [1.29, 1.82) is 5.26 Å². The molecule has 1 heterocycles. The number of nitrogens with zero attached hydrogens (tertiary/aromatic N) is 1. The summed E-state index contributed by atoms with van der Waals surface area (Å²) in [5, 5.41) is 12.1. The maximum atomic E-state index is 12.1. The zero-order valence-electron chi connectivity index (χ0n) is 11.1. The third-order valence-corrected chi connectivity index (χ3v) is 2.84. The minimum absolute atomic E-state index is 0.0908. The van der Waals surface area contributed by atoms with Crippen LogP contribution in [0.5, 0.6) is 5.75 Å². The first-order valence-electron chi connectivity index (χ1n) is 5.94. The molecule has 0 bridgehead atoms. The topological polar surface area (TPSA) is 75.3 Å². The van der Waals surface area contributed by atoms with Crippen molar-refractivity contribution in [3.05, 3.63) is 53.0 Å². The van der Waals surface area contributed by atoms with Crippen LogP contribution in [0.2, 0.25) is 5.02 Å². The number of rotatable bonds is 4. The zero-order valence-corrected chi connectivity index (χ0v) is 11.8. The molecule has 2 aromatic rings. The minimum Gasteiger partial charge on any atom is -0.495 e. The third-order valence-electron chi connectivity index (χ3n) is 2.60. The average Bonchev–Trinajstić information content (AvgIpc) is 2.98. The molecular formula is C15H11ClN2O3. The second-order valence-corrected chi connectivity index (χ2v) is 4.42. The molecule has 0 spiro atoms. The van der Waals surface area contributed by atoms with E-state index in [0.29, 0.717) is 22.2 Å². The van der Waals surface area contributed by atoms with Gasteiger partial charge in [-0.25, -0.2) is 0 Å². The summed E-state index contributed by atoms with van der Waals surface area (Å²) in [5.74, 6) is 0.289. The van der Waals surface area contributed by atoms with Gasteiger partial charge < -0.3 is 14.5 Å². The largest absolute Gasteiger partial charge is 0.495 e. The van der Waals surface area contributed by atoms with Crippen molar-refractivity contribution in [1.82, 2.24) is 0 Å². The number of carbonyl (C=O) groups is 1. The summed E-state index contributed by atoms with van der Waals surface area (Å²) >= 11 is 5.88. The van der Waals surface area contributed by atoms with Crippen LogP contribution in [0.3, 0.4) is 0 Å². The van der Waals surface area contributed by atoms with Crippen LogP contribution >= 0.6 is 11.6 Å². The first-order chi connectivity index (χ1) is 10.1. The fourth-order valence-electron chi connectivity index (χ4n) is 1.63. The molecule has 106 valence electrons. The SMILES string of the molecule is COc1ccc(Cl)cc1NC(=O)/C(C#N)=C/c1ccco1. The molecule has 1 aromatic heterocycles. The maximum absolute atomic E-state index is 12.1. The summed E-state index contributed by atoms with van der Waals surface area (Å²) < 4.78 is 10.2. The summed E-state index contributed by atoms with van der Waals surface area (Å²) in [4.78, 5) is 12.1. The Kier molecular flexibility index (Phi) is 4.64. The molecule has 0 aliphatic rings. The molecule has 0 unspecified atom stereocenters. The average molecular weight is 303 g/mol. The Hall–Kier alpha value is -2.71. The highest BCUT2D eigenvalue weighted by atomic mass is 35.5. The van der Waals surface area contributed by atoms with E-state index in [4.69, 9.17) is 26.0 Å². The number of hydrogen-bond acceptors (Lipinski definition) is 4. The van der Waals surface area contributed by atoms with E-state index >= 15 is 0 Å². The van der Waals surface area contributed by atoms with Crippen LogP contribution in [0, 0.1) is 11.3 Å². The van der Waals surface area contributed by atoms with E-state index in [2.05, 4.69) is 5.32 Å². The molecule has 1 amide bonds. The van der Waals surface area contributed by atoms with Gasteiger partial charge in [0.15, 0.2) is 0 Å². The lowest BCUT2D eigenvalue weighted by Crippen LogP contribution is -2.14. The smallest absolute Gasteiger partial charge is 0.266 e. The number of methoxy groups -OCH3 is 1. The van der Waals surface area contributed by atoms with Crippen LogP contribution in [0.1, 0.15) is 5.76 Å². The molecule has 0 fully saturated rings. The lowest BCUT2D eigenvalue weighted by Gasteiger charge is -2.09. The van der Waals surface area contributed by atoms with Crippen LogP contribution < -0.4 is 10.1 Å². The summed E-state index contributed by atoms with van der Waals surface area (Å²) in [6, 6.07) is 9.94. The summed E-state index contributed by atoms with van der Waals surface area (Å²) in [7, 11) is 1.47. The van der Waals surface area contributed by atoms with Crippen LogP contribution in [-0.2, 0) is 4.79 Å². The molecule has 0 aliphatic heterocycles. The number of nitriles is 1. The number of halogens is 1. The molecular weight excluding hydrogens is 292 g/mol. The van der Waals surface area contributed by atoms with Gasteiger partial charge in [0.25, 0.3) is 5.91 Å². The fourth-order valence-corrected chi connectivity index (χ4v) is 1.80. The highest BCUT2D eigenvalue weighted by Gasteiger charge is 2.13. The second-order valence-electron chi connectivity index (χ2n) is 3.98. The number of furan rings is 1. The van der Waals surface area contributed by atoms with Gasteiger partial charge in [-0.3, -0.25) is 4.79 Å². The Balaban J connectivity index is 2.25. The Labute approximate surface area is 126 Å². The second kappa shape index (κ2) is 6.64. The molecule has 1 aromatic carbocycles. The normalized spacial score (nSPS) is 10.8. The van der Waals surface area contributed by atoms with Crippen LogP contribution in [0.4, 0.5) is 5.69 Å². The lowest BCUT2D eigenvalue weighted by atomic mass is 10.2. The van der Waals surface area contributed by atoms with Crippen LogP contribution in [0.15, 0.2) is 46.6 Å². The number of benzene rings is 1. The molecule has 0 saturated heterocycles. The summed E-state index contributed by atoms with van der Waals surface area (Å²) in [6.07, 6.45) is 2.81. The van der Waals surface area contributed by atoms with Gasteiger partial charge in [-0.15, -0.1) is 0 Å². The van der Waals surface area contributed by atoms with Gasteiger partial charge in [-0.2, -0.15) is 5.26 Å². The van der Waals surface area contributed by atoms with E-state index in [1.54, 1.807) is 30.3 Å². The molecule has 0 atom stereocenters. The van der Waals surface area contributed by atoms with Gasteiger partial charge in [-0.1, -0.05) is 11.6 Å². The van der Waals surface area contributed by atoms with Crippen molar-refractivity contribution in [2.75, 3.05) is 12.4 Å². The van der Waals surface area contributed by atoms with Crippen molar-refractivity contribution in [3.8, 4) is 11.8 Å². The van der Waals surface area contributed by atoms with E-state index in [1.807, 2.05) is 6.07 Å². The van der Waals surface area contributed by atoms with E-state index in [1.165, 1.54) is 19.4 Å². The van der Waals surface area contributed by atoms with Gasteiger partial charge >= 0.3 is 0 Å². The van der Waals surface area contributed by atoms with Gasteiger partial charge in [0.1, 0.15) is 23.2 Å². The Morgan fingerprint density at radius 2 is 2.29 bits per heavy atom. The molecule has 5 nitrogen and oxygen atoms in total. The zero-order chi connectivity index (χ0) is 15.2. The monoisotopic (exact) mass is 302 g/mol. The first-order valence-corrected chi connectivity index (χ1v) is 6.32. The summed E-state index contributed by atoms with van der Waals surface area (Å²) in [6.45, 7) is 0. The van der Waals surface area contributed by atoms with Crippen molar-refractivity contribution < 1.29 is 13.9 Å². The Bertz CT molecular complexity index is 715. The number of ether oxygens (including phenoxy) is 1. The predicted molar refractivity (Wildman–Crippen MR) is 78.9 cm³/mol. The quantitative estimate of drug-likeness (QED) is 0.693. The fraction of sp³-hybridized carbons (Fsp3) is 0.0667. The Morgan fingerprint density at radius 1 is 1.48 bits per heavy atom. The lowest BCUT2D eigenvalue weighted by molar-refractivity contribution is -0.112. The predicted octanol–water partition coefficient (Wildman–Crippen LogP) is 3.49. The van der Waals surface area contributed by atoms with Crippen LogP contribution in [-0.4, -0.2) is 13.0 Å². The molecule has 2 rings (SSSR count). The van der Waals surface area contributed by atoms with E-state index < -0.39 is 5.91 Å². The first kappa shape index (κ1) is 14.7. The number of nitrogens with one attached hydrogen (secondary N) is 1. The van der Waals surface area contributed by atoms with Crippen molar-refractivity contribution in [2.45, 2.75) is 0 Å². The summed E-state index contributed by atoms with van der Waals surface area (Å²) in [5.41, 5.74) is 0.294. The minimum atomic E-state index is -0.575. The van der Waals surface area contributed by atoms with Crippen molar-refractivity contribution in [3.63, 3.8) is 0 Å². The molecule has 0 aliphatic carbocycles. The maximum Gasteiger partial charge on any atom is 0.266 e. The van der Waals surface area contributed by atoms with E-state index in [9.17, 15) is 4.79 Å². The highest BCUT2D eigenvalue weighted by Crippen LogP contribution is 2.28. The number of amides is 1. The number of carbonyl (C=O) groups excluding carboxylic acids is 1. The highest BCUT2D eigenvalue weighted by molar-refractivity contribution is 6.31. The standard InChI is InChI=1S/C15H11ClN2O3/c1-20-14-5-4-11(16)8-13(14)18-15(19)10(9-17)7-12-3-2-6-21-12/h2-8H,1H3,(H,18,19)/b10-7+. The number of anilines is 1. The third kappa shape index (κ3) is 3.65. The van der Waals surface area contributed by atoms with Crippen molar-refractivity contribution in [2.24, 2.45) is 0 Å².